The molecule has 0 saturated carbocycles. The number of benzene rings is 2. The molecule has 0 atom stereocenters. The van der Waals surface area contributed by atoms with Gasteiger partial charge in [-0.05, 0) is 31.2 Å². The summed E-state index contributed by atoms with van der Waals surface area (Å²) in [7, 11) is 1.57. The first-order valence-electron chi connectivity index (χ1n) is 7.50. The predicted molar refractivity (Wildman–Crippen MR) is 89.9 cm³/mol. The number of ether oxygens (including phenoxy) is 2. The summed E-state index contributed by atoms with van der Waals surface area (Å²) in [5, 5.41) is 0. The zero-order valence-electron chi connectivity index (χ0n) is 13.7. The molecular weight excluding hydrogens is 308 g/mol. The smallest absolute Gasteiger partial charge is 0.273 e. The molecule has 0 aliphatic carbocycles. The Hall–Kier alpha value is -2.86. The predicted octanol–water partition coefficient (Wildman–Crippen LogP) is 2.10. The minimum Gasteiger partial charge on any atom is -0.490 e. The van der Waals surface area contributed by atoms with Crippen LogP contribution < -0.4 is 15.6 Å². The highest BCUT2D eigenvalue weighted by Gasteiger charge is 2.13. The van der Waals surface area contributed by atoms with E-state index in [4.69, 9.17) is 9.47 Å². The van der Waals surface area contributed by atoms with Crippen molar-refractivity contribution in [1.29, 1.82) is 0 Å². The number of carbonyl (C=O) groups excluding carboxylic acids is 2. The molecule has 0 saturated heterocycles. The second-order valence-corrected chi connectivity index (χ2v) is 5.12. The standard InChI is InChI=1S/C18H20N2O4/c1-13-6-5-7-14(12-13)17(21)19-20-18(22)15-8-3-4-9-16(15)24-11-10-23-2/h3-9,12H,10-11H2,1-2H3,(H,19,21)(H,20,22). The van der Waals surface area contributed by atoms with Gasteiger partial charge in [-0.15, -0.1) is 0 Å². The number of amides is 2. The number of hydrogen-bond donors (Lipinski definition) is 2. The van der Waals surface area contributed by atoms with Gasteiger partial charge in [-0.1, -0.05) is 29.8 Å². The molecule has 0 fully saturated rings. The minimum atomic E-state index is -0.455. The van der Waals surface area contributed by atoms with Crippen LogP contribution in [0.4, 0.5) is 0 Å². The van der Waals surface area contributed by atoms with Crippen LogP contribution in [0, 0.1) is 6.92 Å². The number of rotatable bonds is 6. The minimum absolute atomic E-state index is 0.330. The molecule has 0 radical (unpaired) electrons. The quantitative estimate of drug-likeness (QED) is 0.629. The van der Waals surface area contributed by atoms with Crippen LogP contribution in [0.2, 0.25) is 0 Å². The summed E-state index contributed by atoms with van der Waals surface area (Å²) < 4.78 is 10.4. The molecule has 0 aromatic heterocycles. The molecule has 2 amide bonds. The summed E-state index contributed by atoms with van der Waals surface area (Å²) in [4.78, 5) is 24.3. The van der Waals surface area contributed by atoms with Gasteiger partial charge in [0.25, 0.3) is 11.8 Å². The Morgan fingerprint density at radius 3 is 2.46 bits per heavy atom. The van der Waals surface area contributed by atoms with Crippen molar-refractivity contribution in [2.75, 3.05) is 20.3 Å². The Bertz CT molecular complexity index is 716. The summed E-state index contributed by atoms with van der Waals surface area (Å²) in [6.07, 6.45) is 0. The van der Waals surface area contributed by atoms with Gasteiger partial charge in [-0.2, -0.15) is 0 Å². The summed E-state index contributed by atoms with van der Waals surface area (Å²) in [6, 6.07) is 13.9. The number of methoxy groups -OCH3 is 1. The van der Waals surface area contributed by atoms with Crippen LogP contribution in [0.15, 0.2) is 48.5 Å². The fraction of sp³-hybridized carbons (Fsp3) is 0.222. The van der Waals surface area contributed by atoms with E-state index in [9.17, 15) is 9.59 Å². The van der Waals surface area contributed by atoms with Crippen LogP contribution in [-0.4, -0.2) is 32.1 Å². The average Bonchev–Trinajstić information content (AvgIpc) is 2.60. The third-order valence-electron chi connectivity index (χ3n) is 3.25. The van der Waals surface area contributed by atoms with E-state index in [2.05, 4.69) is 10.9 Å². The molecule has 0 aliphatic heterocycles. The Balaban J connectivity index is 1.98. The van der Waals surface area contributed by atoms with Crippen molar-refractivity contribution < 1.29 is 19.1 Å². The summed E-state index contributed by atoms with van der Waals surface area (Å²) >= 11 is 0. The van der Waals surface area contributed by atoms with E-state index in [0.717, 1.165) is 5.56 Å². The second-order valence-electron chi connectivity index (χ2n) is 5.12. The van der Waals surface area contributed by atoms with E-state index in [1.54, 1.807) is 49.6 Å². The molecule has 0 bridgehead atoms. The number of para-hydroxylation sites is 1. The highest BCUT2D eigenvalue weighted by molar-refractivity contribution is 6.00. The molecule has 0 aliphatic rings. The van der Waals surface area contributed by atoms with Crippen LogP contribution in [0.25, 0.3) is 0 Å². The molecule has 2 N–H and O–H groups in total. The number of nitrogens with one attached hydrogen (secondary N) is 2. The summed E-state index contributed by atoms with van der Waals surface area (Å²) in [6.45, 7) is 2.64. The molecule has 0 heterocycles. The van der Waals surface area contributed by atoms with E-state index in [1.165, 1.54) is 0 Å². The van der Waals surface area contributed by atoms with Crippen LogP contribution in [-0.2, 0) is 4.74 Å². The maximum atomic E-state index is 12.3. The lowest BCUT2D eigenvalue weighted by atomic mass is 10.1. The topological polar surface area (TPSA) is 76.7 Å². The van der Waals surface area contributed by atoms with Crippen molar-refractivity contribution in [3.63, 3.8) is 0 Å². The first-order valence-corrected chi connectivity index (χ1v) is 7.50. The van der Waals surface area contributed by atoms with Gasteiger partial charge in [0.1, 0.15) is 12.4 Å². The summed E-state index contributed by atoms with van der Waals surface area (Å²) in [5.41, 5.74) is 6.57. The number of hydrazine groups is 1. The molecular formula is C18H20N2O4. The van der Waals surface area contributed by atoms with Gasteiger partial charge in [0, 0.05) is 12.7 Å². The molecule has 126 valence electrons. The lowest BCUT2D eigenvalue weighted by molar-refractivity contribution is 0.0842. The highest BCUT2D eigenvalue weighted by Crippen LogP contribution is 2.17. The lowest BCUT2D eigenvalue weighted by Gasteiger charge is -2.12. The van der Waals surface area contributed by atoms with E-state index in [0.29, 0.717) is 30.1 Å². The van der Waals surface area contributed by atoms with Crippen molar-refractivity contribution in [3.8, 4) is 5.75 Å². The molecule has 0 unspecified atom stereocenters. The molecule has 6 heteroatoms. The first-order chi connectivity index (χ1) is 11.6. The Morgan fingerprint density at radius 1 is 0.958 bits per heavy atom. The van der Waals surface area contributed by atoms with Gasteiger partial charge in [0.05, 0.1) is 12.2 Å². The van der Waals surface area contributed by atoms with Gasteiger partial charge in [-0.25, -0.2) is 0 Å². The first kappa shape index (κ1) is 17.5. The van der Waals surface area contributed by atoms with Gasteiger partial charge in [0.2, 0.25) is 0 Å². The lowest BCUT2D eigenvalue weighted by Crippen LogP contribution is -2.41. The Labute approximate surface area is 140 Å². The molecule has 2 aromatic rings. The largest absolute Gasteiger partial charge is 0.490 e. The Kier molecular flexibility index (Phi) is 6.33. The van der Waals surface area contributed by atoms with E-state index >= 15 is 0 Å². The maximum absolute atomic E-state index is 12.3. The number of carbonyl (C=O) groups is 2. The maximum Gasteiger partial charge on any atom is 0.273 e. The number of aryl methyl sites for hydroxylation is 1. The fourth-order valence-electron chi connectivity index (χ4n) is 2.05. The monoisotopic (exact) mass is 328 g/mol. The van der Waals surface area contributed by atoms with Gasteiger partial charge in [-0.3, -0.25) is 20.4 Å². The SMILES string of the molecule is COCCOc1ccccc1C(=O)NNC(=O)c1cccc(C)c1. The van der Waals surface area contributed by atoms with Gasteiger partial charge in [0.15, 0.2) is 0 Å². The normalized spacial score (nSPS) is 10.1. The second kappa shape index (κ2) is 8.69. The van der Waals surface area contributed by atoms with Crippen molar-refractivity contribution in [2.45, 2.75) is 6.92 Å². The van der Waals surface area contributed by atoms with E-state index in [1.807, 2.05) is 13.0 Å². The molecule has 0 spiro atoms. The molecule has 2 rings (SSSR count). The third kappa shape index (κ3) is 4.82. The highest BCUT2D eigenvalue weighted by atomic mass is 16.5. The molecule has 2 aromatic carbocycles. The third-order valence-corrected chi connectivity index (χ3v) is 3.25. The van der Waals surface area contributed by atoms with Crippen molar-refractivity contribution >= 4 is 11.8 Å². The van der Waals surface area contributed by atoms with Gasteiger partial charge >= 0.3 is 0 Å². The van der Waals surface area contributed by atoms with Crippen LogP contribution >= 0.6 is 0 Å². The van der Waals surface area contributed by atoms with Crippen LogP contribution in [0.5, 0.6) is 5.75 Å². The molecule has 24 heavy (non-hydrogen) atoms. The van der Waals surface area contributed by atoms with Crippen molar-refractivity contribution in [1.82, 2.24) is 10.9 Å². The zero-order chi connectivity index (χ0) is 17.4. The Morgan fingerprint density at radius 2 is 1.71 bits per heavy atom. The van der Waals surface area contributed by atoms with Crippen LogP contribution in [0.3, 0.4) is 0 Å². The van der Waals surface area contributed by atoms with Crippen molar-refractivity contribution in [2.24, 2.45) is 0 Å². The van der Waals surface area contributed by atoms with Crippen LogP contribution in [0.1, 0.15) is 26.3 Å². The van der Waals surface area contributed by atoms with Crippen molar-refractivity contribution in [3.05, 3.63) is 65.2 Å². The average molecular weight is 328 g/mol. The van der Waals surface area contributed by atoms with E-state index < -0.39 is 5.91 Å². The number of hydrogen-bond acceptors (Lipinski definition) is 4. The van der Waals surface area contributed by atoms with E-state index in [-0.39, 0.29) is 5.91 Å². The zero-order valence-corrected chi connectivity index (χ0v) is 13.7. The fourth-order valence-corrected chi connectivity index (χ4v) is 2.05. The summed E-state index contributed by atoms with van der Waals surface area (Å²) in [5.74, 6) is -0.411. The molecule has 6 nitrogen and oxygen atoms in total. The van der Waals surface area contributed by atoms with Gasteiger partial charge < -0.3 is 9.47 Å².